The van der Waals surface area contributed by atoms with Gasteiger partial charge in [0.15, 0.2) is 0 Å². The van der Waals surface area contributed by atoms with Crippen LogP contribution >= 0.6 is 12.4 Å². The summed E-state index contributed by atoms with van der Waals surface area (Å²) in [5.41, 5.74) is 0.487. The lowest BCUT2D eigenvalue weighted by atomic mass is 9.81. The Balaban J connectivity index is 0.00000288. The van der Waals surface area contributed by atoms with Crippen LogP contribution in [0.2, 0.25) is 0 Å². The van der Waals surface area contributed by atoms with Gasteiger partial charge < -0.3 is 9.74 Å². The van der Waals surface area contributed by atoms with Gasteiger partial charge >= 0.3 is 5.97 Å². The highest BCUT2D eigenvalue weighted by Crippen LogP contribution is 2.37. The monoisotopic (exact) mass is 354 g/mol. The van der Waals surface area contributed by atoms with Crippen molar-refractivity contribution in [3.8, 4) is 0 Å². The van der Waals surface area contributed by atoms with Gasteiger partial charge in [-0.15, -0.1) is 17.5 Å². The fraction of sp³-hybridized carbons (Fsp3) is 0.556. The predicted molar refractivity (Wildman–Crippen MR) is 97.7 cm³/mol. The van der Waals surface area contributed by atoms with Crippen LogP contribution in [-0.2, 0) is 9.63 Å². The number of piperidine rings is 1. The van der Waals surface area contributed by atoms with E-state index in [1.54, 1.807) is 17.2 Å². The number of anilines is 1. The molecule has 0 aliphatic carbocycles. The molecule has 0 saturated carbocycles. The lowest BCUT2D eigenvalue weighted by molar-refractivity contribution is -0.236. The van der Waals surface area contributed by atoms with Crippen molar-refractivity contribution >= 4 is 29.8 Å². The Kier molecular flexibility index (Phi) is 6.06. The maximum absolute atomic E-state index is 12.5. The number of nitrogens with zero attached hydrogens (tertiary/aromatic N) is 2. The summed E-state index contributed by atoms with van der Waals surface area (Å²) in [5, 5.41) is 1.68. The maximum atomic E-state index is 12.5. The van der Waals surface area contributed by atoms with Gasteiger partial charge in [0.1, 0.15) is 5.78 Å². The minimum Gasteiger partial charge on any atom is -0.378 e. The Morgan fingerprint density at radius 3 is 1.92 bits per heavy atom. The van der Waals surface area contributed by atoms with Crippen molar-refractivity contribution in [2.45, 2.75) is 51.6 Å². The van der Waals surface area contributed by atoms with Crippen molar-refractivity contribution in [2.24, 2.45) is 0 Å². The molecule has 1 heterocycles. The minimum absolute atomic E-state index is 0. The first kappa shape index (κ1) is 20.5. The van der Waals surface area contributed by atoms with Gasteiger partial charge in [0.2, 0.25) is 0 Å². The molecule has 2 rings (SSSR count). The lowest BCUT2D eigenvalue weighted by Gasteiger charge is -2.49. The zero-order valence-electron chi connectivity index (χ0n) is 15.3. The summed E-state index contributed by atoms with van der Waals surface area (Å²) in [6.45, 7) is 7.70. The van der Waals surface area contributed by atoms with E-state index in [0.717, 1.165) is 5.69 Å². The normalized spacial score (nSPS) is 19.3. The lowest BCUT2D eigenvalue weighted by Crippen LogP contribution is -2.61. The van der Waals surface area contributed by atoms with Gasteiger partial charge in [-0.05, 0) is 52.0 Å². The molecule has 0 N–H and O–H groups in total. The third-order valence-corrected chi connectivity index (χ3v) is 4.15. The summed E-state index contributed by atoms with van der Waals surface area (Å²) in [6.07, 6.45) is 0.757. The summed E-state index contributed by atoms with van der Waals surface area (Å²) in [4.78, 5) is 32.1. The molecule has 1 aromatic carbocycles. The van der Waals surface area contributed by atoms with Crippen LogP contribution in [0.5, 0.6) is 0 Å². The number of hydrogen-bond donors (Lipinski definition) is 0. The molecule has 134 valence electrons. The van der Waals surface area contributed by atoms with E-state index in [0.29, 0.717) is 18.4 Å². The molecule has 0 radical (unpaired) electrons. The number of halogens is 1. The van der Waals surface area contributed by atoms with E-state index in [1.807, 2.05) is 58.8 Å². The number of ketones is 1. The molecular formula is C18H27ClN2O3. The van der Waals surface area contributed by atoms with Crippen molar-refractivity contribution in [1.29, 1.82) is 0 Å². The topological polar surface area (TPSA) is 49.9 Å². The summed E-state index contributed by atoms with van der Waals surface area (Å²) in [7, 11) is 3.90. The fourth-order valence-corrected chi connectivity index (χ4v) is 3.27. The Hall–Kier alpha value is -1.59. The number of hydrogen-bond acceptors (Lipinski definition) is 5. The van der Waals surface area contributed by atoms with Gasteiger partial charge in [-0.1, -0.05) is 0 Å². The van der Waals surface area contributed by atoms with E-state index >= 15 is 0 Å². The second-order valence-electron chi connectivity index (χ2n) is 7.63. The van der Waals surface area contributed by atoms with Gasteiger partial charge in [-0.2, -0.15) is 0 Å². The SMILES string of the molecule is CN(C)c1ccc(C(=O)ON2C(C)(C)CC(=O)CC2(C)C)cc1.Cl. The minimum atomic E-state index is -0.516. The Bertz CT molecular complexity index is 589. The van der Waals surface area contributed by atoms with Gasteiger partial charge in [0, 0.05) is 32.6 Å². The third-order valence-electron chi connectivity index (χ3n) is 4.15. The second kappa shape index (κ2) is 7.11. The van der Waals surface area contributed by atoms with Gasteiger partial charge in [0.05, 0.1) is 16.6 Å². The molecule has 0 atom stereocenters. The molecule has 1 saturated heterocycles. The van der Waals surface area contributed by atoms with Crippen molar-refractivity contribution in [2.75, 3.05) is 19.0 Å². The summed E-state index contributed by atoms with van der Waals surface area (Å²) in [6, 6.07) is 7.28. The zero-order chi connectivity index (χ0) is 17.4. The summed E-state index contributed by atoms with van der Waals surface area (Å²) >= 11 is 0. The molecule has 1 fully saturated rings. The van der Waals surface area contributed by atoms with Crippen LogP contribution in [0, 0.1) is 0 Å². The van der Waals surface area contributed by atoms with Crippen LogP contribution in [-0.4, -0.2) is 42.0 Å². The van der Waals surface area contributed by atoms with Crippen LogP contribution in [0.4, 0.5) is 5.69 Å². The average molecular weight is 355 g/mol. The molecule has 24 heavy (non-hydrogen) atoms. The number of carbonyl (C=O) groups excluding carboxylic acids is 2. The first-order chi connectivity index (χ1) is 10.5. The molecule has 1 aliphatic rings. The van der Waals surface area contributed by atoms with E-state index in [4.69, 9.17) is 4.84 Å². The van der Waals surface area contributed by atoms with E-state index in [2.05, 4.69) is 0 Å². The van der Waals surface area contributed by atoms with Crippen LogP contribution in [0.15, 0.2) is 24.3 Å². The molecule has 1 aromatic rings. The van der Waals surface area contributed by atoms with Gasteiger partial charge in [-0.25, -0.2) is 4.79 Å². The largest absolute Gasteiger partial charge is 0.378 e. The van der Waals surface area contributed by atoms with Crippen LogP contribution in [0.25, 0.3) is 0 Å². The molecule has 1 aliphatic heterocycles. The highest BCUT2D eigenvalue weighted by Gasteiger charge is 2.47. The quantitative estimate of drug-likeness (QED) is 0.831. The van der Waals surface area contributed by atoms with Crippen LogP contribution in [0.3, 0.4) is 0 Å². The molecule has 0 amide bonds. The first-order valence-electron chi connectivity index (χ1n) is 7.85. The number of Topliss-reactive ketones (excluding diaryl/α,β-unsaturated/α-hetero) is 1. The molecular weight excluding hydrogens is 328 g/mol. The van der Waals surface area contributed by atoms with E-state index in [9.17, 15) is 9.59 Å². The molecule has 0 spiro atoms. The van der Waals surface area contributed by atoms with Crippen molar-refractivity contribution in [3.05, 3.63) is 29.8 Å². The van der Waals surface area contributed by atoms with E-state index in [-0.39, 0.29) is 18.2 Å². The number of carbonyl (C=O) groups is 2. The molecule has 0 aromatic heterocycles. The molecule has 6 heteroatoms. The maximum Gasteiger partial charge on any atom is 0.357 e. The number of rotatable bonds is 3. The smallest absolute Gasteiger partial charge is 0.357 e. The standard InChI is InChI=1S/C18H26N2O3.ClH/c1-17(2)11-15(21)12-18(3,4)20(17)23-16(22)13-7-9-14(10-8-13)19(5)6;/h7-10H,11-12H2,1-6H3;1H. The van der Waals surface area contributed by atoms with Gasteiger partial charge in [-0.3, -0.25) is 4.79 Å². The number of hydroxylamine groups is 2. The zero-order valence-corrected chi connectivity index (χ0v) is 16.1. The Morgan fingerprint density at radius 2 is 1.50 bits per heavy atom. The predicted octanol–water partition coefficient (Wildman–Crippen LogP) is 3.47. The Labute approximate surface area is 150 Å². The van der Waals surface area contributed by atoms with Crippen LogP contribution in [0.1, 0.15) is 50.9 Å². The average Bonchev–Trinajstić information content (AvgIpc) is 2.41. The third kappa shape index (κ3) is 4.28. The highest BCUT2D eigenvalue weighted by atomic mass is 35.5. The van der Waals surface area contributed by atoms with Crippen molar-refractivity contribution in [1.82, 2.24) is 5.06 Å². The number of benzene rings is 1. The van der Waals surface area contributed by atoms with E-state index < -0.39 is 17.0 Å². The van der Waals surface area contributed by atoms with E-state index in [1.165, 1.54) is 0 Å². The van der Waals surface area contributed by atoms with Crippen molar-refractivity contribution < 1.29 is 14.4 Å². The summed E-state index contributed by atoms with van der Waals surface area (Å²) in [5.74, 6) is -0.201. The molecule has 0 unspecified atom stereocenters. The highest BCUT2D eigenvalue weighted by molar-refractivity contribution is 5.90. The Morgan fingerprint density at radius 1 is 1.04 bits per heavy atom. The van der Waals surface area contributed by atoms with Gasteiger partial charge in [0.25, 0.3) is 0 Å². The second-order valence-corrected chi connectivity index (χ2v) is 7.63. The van der Waals surface area contributed by atoms with Crippen molar-refractivity contribution in [3.63, 3.8) is 0 Å². The first-order valence-corrected chi connectivity index (χ1v) is 7.85. The summed E-state index contributed by atoms with van der Waals surface area (Å²) < 4.78 is 0. The molecule has 5 nitrogen and oxygen atoms in total. The fourth-order valence-electron chi connectivity index (χ4n) is 3.27. The van der Waals surface area contributed by atoms with Crippen LogP contribution < -0.4 is 4.90 Å². The molecule has 0 bridgehead atoms.